The molecule has 0 bridgehead atoms. The number of cyclic esters (lactones) is 2. The summed E-state index contributed by atoms with van der Waals surface area (Å²) in [6.45, 7) is 9.98. The van der Waals surface area contributed by atoms with Gasteiger partial charge in [0.2, 0.25) is 23.6 Å². The van der Waals surface area contributed by atoms with E-state index < -0.39 is 85.2 Å². The van der Waals surface area contributed by atoms with Gasteiger partial charge in [-0.2, -0.15) is 0 Å². The number of ether oxygens (including phenoxy) is 2. The van der Waals surface area contributed by atoms with Crippen LogP contribution in [0.3, 0.4) is 0 Å². The summed E-state index contributed by atoms with van der Waals surface area (Å²) in [6, 6.07) is -5.07. The number of hydrogen-bond donors (Lipinski definition) is 6. The normalized spacial score (nSPS) is 25.3. The van der Waals surface area contributed by atoms with Crippen LogP contribution in [0.2, 0.25) is 0 Å². The number of aliphatic hydroxyl groups excluding tert-OH is 2. The van der Waals surface area contributed by atoms with Crippen LogP contribution in [0.5, 0.6) is 0 Å². The summed E-state index contributed by atoms with van der Waals surface area (Å²) in [5, 5.41) is 30.3. The Labute approximate surface area is 297 Å². The van der Waals surface area contributed by atoms with Gasteiger partial charge in [0.1, 0.15) is 30.3 Å². The van der Waals surface area contributed by atoms with Crippen LogP contribution in [-0.2, 0) is 38.2 Å². The number of esters is 2. The molecule has 6 atom stereocenters. The summed E-state index contributed by atoms with van der Waals surface area (Å²) < 4.78 is 11.5. The van der Waals surface area contributed by atoms with Crippen molar-refractivity contribution in [3.63, 3.8) is 0 Å². The third-order valence-electron chi connectivity index (χ3n) is 8.44. The molecule has 1 aliphatic rings. The molecule has 0 aromatic heterocycles. The Morgan fingerprint density at radius 2 is 0.960 bits per heavy atom. The minimum Gasteiger partial charge on any atom is -0.460 e. The van der Waals surface area contributed by atoms with Crippen LogP contribution >= 0.6 is 0 Å². The highest BCUT2D eigenvalue weighted by Crippen LogP contribution is 2.17. The Hall–Kier alpha value is -3.26. The maximum absolute atomic E-state index is 13.6. The first-order valence-corrected chi connectivity index (χ1v) is 18.6. The second-order valence-electron chi connectivity index (χ2n) is 14.2. The summed E-state index contributed by atoms with van der Waals surface area (Å²) in [5.41, 5.74) is 0. The highest BCUT2D eigenvalue weighted by Gasteiger charge is 2.33. The van der Waals surface area contributed by atoms with E-state index >= 15 is 0 Å². The number of amides is 4. The zero-order chi connectivity index (χ0) is 37.6. The molecule has 1 rings (SSSR count). The molecule has 0 saturated carbocycles. The first-order valence-electron chi connectivity index (χ1n) is 18.6. The Morgan fingerprint density at radius 3 is 1.46 bits per heavy atom. The quantitative estimate of drug-likeness (QED) is 0.102. The van der Waals surface area contributed by atoms with E-state index in [0.29, 0.717) is 25.7 Å². The number of rotatable bonds is 16. The van der Waals surface area contributed by atoms with Crippen molar-refractivity contribution in [3.8, 4) is 0 Å². The maximum atomic E-state index is 13.6. The molecule has 6 N–H and O–H groups in total. The third-order valence-corrected chi connectivity index (χ3v) is 8.44. The Morgan fingerprint density at radius 1 is 0.560 bits per heavy atom. The molecular weight excluding hydrogens is 648 g/mol. The van der Waals surface area contributed by atoms with Crippen LogP contribution in [0.25, 0.3) is 0 Å². The molecule has 1 aliphatic heterocycles. The zero-order valence-corrected chi connectivity index (χ0v) is 31.1. The van der Waals surface area contributed by atoms with Crippen molar-refractivity contribution >= 4 is 35.6 Å². The Kier molecular flexibility index (Phi) is 22.2. The van der Waals surface area contributed by atoms with Crippen LogP contribution in [-0.4, -0.2) is 95.4 Å². The van der Waals surface area contributed by atoms with Gasteiger partial charge in [-0.3, -0.25) is 19.2 Å². The van der Waals surface area contributed by atoms with Crippen molar-refractivity contribution in [2.75, 3.05) is 13.2 Å². The van der Waals surface area contributed by atoms with Crippen molar-refractivity contribution in [3.05, 3.63) is 0 Å². The summed E-state index contributed by atoms with van der Waals surface area (Å²) in [7, 11) is 0. The molecule has 0 aromatic carbocycles. The first-order chi connectivity index (χ1) is 23.7. The monoisotopic (exact) mass is 712 g/mol. The molecule has 0 aromatic rings. The molecule has 1 heterocycles. The number of carbonyl (C=O) groups excluding carboxylic acids is 6. The van der Waals surface area contributed by atoms with E-state index in [-0.39, 0.29) is 37.5 Å². The smallest absolute Gasteiger partial charge is 0.331 e. The lowest BCUT2D eigenvalue weighted by molar-refractivity contribution is -0.156. The number of nitrogens with one attached hydrogen (secondary N) is 4. The first kappa shape index (κ1) is 44.8. The average molecular weight is 713 g/mol. The lowest BCUT2D eigenvalue weighted by Crippen LogP contribution is -2.55. The van der Waals surface area contributed by atoms with Crippen molar-refractivity contribution in [1.82, 2.24) is 21.3 Å². The fourth-order valence-electron chi connectivity index (χ4n) is 5.72. The van der Waals surface area contributed by atoms with Gasteiger partial charge in [0.25, 0.3) is 0 Å². The van der Waals surface area contributed by atoms with E-state index in [0.717, 1.165) is 38.5 Å². The molecular formula is C36H64N4O10. The summed E-state index contributed by atoms with van der Waals surface area (Å²) in [5.74, 6) is -4.51. The predicted molar refractivity (Wildman–Crippen MR) is 187 cm³/mol. The molecule has 50 heavy (non-hydrogen) atoms. The summed E-state index contributed by atoms with van der Waals surface area (Å²) in [6.07, 6.45) is 5.56. The fourth-order valence-corrected chi connectivity index (χ4v) is 5.72. The SMILES string of the molecule is CCCCCCCC1CC(=O)N[C@@H](CC(C)C)C(=O)N[C@@H](CO)C(=O)OC(CCCCC)CC(=O)N[C@@H](CO)C(=O)N[C@@H](CC(C)C)C(=O)O1. The second kappa shape index (κ2) is 24.8. The van der Waals surface area contributed by atoms with Gasteiger partial charge in [0, 0.05) is 0 Å². The van der Waals surface area contributed by atoms with Crippen molar-refractivity contribution in [2.45, 2.75) is 168 Å². The molecule has 0 aliphatic carbocycles. The van der Waals surface area contributed by atoms with Crippen LogP contribution in [0.1, 0.15) is 131 Å². The molecule has 4 amide bonds. The molecule has 0 radical (unpaired) electrons. The van der Waals surface area contributed by atoms with Gasteiger partial charge in [0.15, 0.2) is 6.04 Å². The minimum atomic E-state index is -1.47. The highest BCUT2D eigenvalue weighted by molar-refractivity contribution is 5.92. The van der Waals surface area contributed by atoms with E-state index in [1.165, 1.54) is 0 Å². The van der Waals surface area contributed by atoms with Gasteiger partial charge in [-0.1, -0.05) is 80.1 Å². The Bertz CT molecular complexity index is 1070. The molecule has 1 saturated heterocycles. The van der Waals surface area contributed by atoms with Crippen LogP contribution in [0.4, 0.5) is 0 Å². The highest BCUT2D eigenvalue weighted by atomic mass is 16.6. The summed E-state index contributed by atoms with van der Waals surface area (Å²) in [4.78, 5) is 79.9. The van der Waals surface area contributed by atoms with Gasteiger partial charge < -0.3 is 41.0 Å². The lowest BCUT2D eigenvalue weighted by Gasteiger charge is -2.27. The van der Waals surface area contributed by atoms with Gasteiger partial charge in [-0.25, -0.2) is 9.59 Å². The van der Waals surface area contributed by atoms with Gasteiger partial charge >= 0.3 is 11.9 Å². The van der Waals surface area contributed by atoms with Crippen molar-refractivity contribution in [2.24, 2.45) is 11.8 Å². The molecule has 14 nitrogen and oxygen atoms in total. The van der Waals surface area contributed by atoms with Gasteiger partial charge in [0.05, 0.1) is 26.1 Å². The Balaban J connectivity index is 3.51. The standard InChI is InChI=1S/C36H64N4O10/c1-7-9-11-12-14-16-26-19-31(43)37-27(17-23(3)4)33(45)40-30(22-42)36(48)50-25(15-13-10-8-2)20-32(44)38-29(21-41)34(46)39-28(18-24(5)6)35(47)49-26/h23-30,41-42H,7-22H2,1-6H3,(H,37,43)(H,38,44)(H,39,46)(H,40,45)/t25?,26?,27-,28-,29-,30-/m0/s1. The molecule has 288 valence electrons. The largest absolute Gasteiger partial charge is 0.460 e. The molecule has 0 spiro atoms. The summed E-state index contributed by atoms with van der Waals surface area (Å²) >= 11 is 0. The van der Waals surface area contributed by atoms with E-state index in [1.54, 1.807) is 0 Å². The number of hydrogen-bond acceptors (Lipinski definition) is 10. The maximum Gasteiger partial charge on any atom is 0.331 e. The van der Waals surface area contributed by atoms with Crippen molar-refractivity contribution in [1.29, 1.82) is 0 Å². The molecule has 14 heteroatoms. The number of unbranched alkanes of at least 4 members (excludes halogenated alkanes) is 6. The van der Waals surface area contributed by atoms with Gasteiger partial charge in [-0.15, -0.1) is 0 Å². The van der Waals surface area contributed by atoms with Crippen molar-refractivity contribution < 1.29 is 48.5 Å². The number of aliphatic hydroxyl groups is 2. The predicted octanol–water partition coefficient (Wildman–Crippen LogP) is 2.56. The lowest BCUT2D eigenvalue weighted by atomic mass is 10.0. The van der Waals surface area contributed by atoms with E-state index in [9.17, 15) is 39.0 Å². The molecule has 1 fully saturated rings. The fraction of sp³-hybridized carbons (Fsp3) is 0.833. The number of carbonyl (C=O) groups is 6. The van der Waals surface area contributed by atoms with Crippen LogP contribution < -0.4 is 21.3 Å². The van der Waals surface area contributed by atoms with Gasteiger partial charge in [-0.05, 0) is 50.4 Å². The third kappa shape index (κ3) is 18.1. The topological polar surface area (TPSA) is 209 Å². The van der Waals surface area contributed by atoms with Crippen LogP contribution in [0, 0.1) is 11.8 Å². The molecule has 2 unspecified atom stereocenters. The average Bonchev–Trinajstić information content (AvgIpc) is 3.04. The minimum absolute atomic E-state index is 0.0343. The van der Waals surface area contributed by atoms with E-state index in [2.05, 4.69) is 28.2 Å². The van der Waals surface area contributed by atoms with E-state index in [4.69, 9.17) is 9.47 Å². The second-order valence-corrected chi connectivity index (χ2v) is 14.2. The zero-order valence-electron chi connectivity index (χ0n) is 31.1. The van der Waals surface area contributed by atoms with E-state index in [1.807, 2.05) is 34.6 Å². The van der Waals surface area contributed by atoms with Crippen LogP contribution in [0.15, 0.2) is 0 Å².